The summed E-state index contributed by atoms with van der Waals surface area (Å²) in [4.78, 5) is 63.5. The molecule has 37 heteroatoms. The van der Waals surface area contributed by atoms with Gasteiger partial charge in [0.15, 0.2) is 12.4 Å². The minimum absolute atomic E-state index is 0.0196. The molecule has 0 bridgehead atoms. The van der Waals surface area contributed by atoms with Crippen LogP contribution in [0.25, 0.3) is 0 Å². The Bertz CT molecular complexity index is 2540. The number of ether oxygens (including phenoxy) is 29. The Morgan fingerprint density at radius 1 is 0.308 bits per heavy atom. The van der Waals surface area contributed by atoms with E-state index in [1.165, 1.54) is 4.90 Å². The van der Waals surface area contributed by atoms with E-state index >= 15 is 0 Å². The number of carbonyl (C=O) groups excluding carboxylic acids is 4. The van der Waals surface area contributed by atoms with Gasteiger partial charge in [0.25, 0.3) is 11.8 Å². The molecule has 1 heterocycles. The average Bonchev–Trinajstić information content (AvgIpc) is 1.64. The molecular weight excluding hydrogens is 1550 g/mol. The van der Waals surface area contributed by atoms with E-state index in [1.54, 1.807) is 55.6 Å². The molecule has 1 aliphatic heterocycles. The summed E-state index contributed by atoms with van der Waals surface area (Å²) in [6, 6.07) is 12.6. The monoisotopic (exact) mass is 1680 g/mol. The average molecular weight is 1690 g/mol. The number of benzene rings is 2. The van der Waals surface area contributed by atoms with Crippen molar-refractivity contribution in [2.24, 2.45) is 0 Å². The molecular formula is C80H136N2O35. The number of ketones is 1. The van der Waals surface area contributed by atoms with Gasteiger partial charge < -0.3 is 148 Å². The van der Waals surface area contributed by atoms with E-state index < -0.39 is 18.6 Å². The van der Waals surface area contributed by atoms with Gasteiger partial charge in [-0.15, -0.1) is 0 Å². The molecule has 3 rings (SSSR count). The van der Waals surface area contributed by atoms with E-state index in [2.05, 4.69) is 5.32 Å². The first-order valence-corrected chi connectivity index (χ1v) is 40.6. The van der Waals surface area contributed by atoms with Gasteiger partial charge in [-0.2, -0.15) is 0 Å². The van der Waals surface area contributed by atoms with E-state index in [1.807, 2.05) is 0 Å². The number of carboxylic acids is 1. The van der Waals surface area contributed by atoms with Crippen molar-refractivity contribution in [1.29, 1.82) is 0 Å². The zero-order valence-electron chi connectivity index (χ0n) is 69.1. The fraction of sp³-hybridized carbons (Fsp3) is 0.787. The topological polar surface area (TPSA) is 389 Å². The lowest BCUT2D eigenvalue weighted by molar-refractivity contribution is -0.139. The van der Waals surface area contributed by atoms with Crippen LogP contribution in [0.15, 0.2) is 48.5 Å². The third kappa shape index (κ3) is 67.2. The smallest absolute Gasteiger partial charge is 0.341 e. The predicted molar refractivity (Wildman–Crippen MR) is 420 cm³/mol. The molecule has 37 nitrogen and oxygen atoms in total. The fourth-order valence-corrected chi connectivity index (χ4v) is 9.74. The number of methoxy groups -OCH3 is 1. The van der Waals surface area contributed by atoms with Crippen molar-refractivity contribution in [2.45, 2.75) is 31.7 Å². The van der Waals surface area contributed by atoms with Crippen LogP contribution in [0.1, 0.15) is 45.5 Å². The molecule has 117 heavy (non-hydrogen) atoms. The number of imide groups is 1. The maximum absolute atomic E-state index is 13.4. The van der Waals surface area contributed by atoms with E-state index in [9.17, 15) is 24.0 Å². The molecule has 3 amide bonds. The molecule has 0 saturated heterocycles. The maximum Gasteiger partial charge on any atom is 0.341 e. The highest BCUT2D eigenvalue weighted by atomic mass is 16.6. The van der Waals surface area contributed by atoms with Crippen LogP contribution in [0, 0.1) is 0 Å². The summed E-state index contributed by atoms with van der Waals surface area (Å²) in [6.45, 7) is 23.5. The van der Waals surface area contributed by atoms with Crippen LogP contribution in [0.4, 0.5) is 0 Å². The van der Waals surface area contributed by atoms with Crippen molar-refractivity contribution in [3.8, 4) is 5.75 Å². The van der Waals surface area contributed by atoms with Crippen LogP contribution in [-0.4, -0.2) is 429 Å². The number of nitrogens with zero attached hydrogens (tertiary/aromatic N) is 1. The number of rotatable bonds is 95. The summed E-state index contributed by atoms with van der Waals surface area (Å²) in [5, 5.41) is 11.8. The fourth-order valence-electron chi connectivity index (χ4n) is 9.74. The Morgan fingerprint density at radius 3 is 0.803 bits per heavy atom. The quantitative estimate of drug-likeness (QED) is 0.0708. The summed E-state index contributed by atoms with van der Waals surface area (Å²) < 4.78 is 159. The van der Waals surface area contributed by atoms with Crippen molar-refractivity contribution < 1.29 is 166 Å². The first-order chi connectivity index (χ1) is 57.8. The summed E-state index contributed by atoms with van der Waals surface area (Å²) in [5.41, 5.74) is 1.55. The Morgan fingerprint density at radius 2 is 0.547 bits per heavy atom. The molecule has 1 aliphatic rings. The van der Waals surface area contributed by atoms with E-state index in [4.69, 9.17) is 142 Å². The van der Waals surface area contributed by atoms with Crippen LogP contribution in [0.5, 0.6) is 5.75 Å². The molecule has 2 aromatic rings. The number of hydrogen-bond acceptors (Lipinski definition) is 34. The normalized spacial score (nSPS) is 12.4. The maximum atomic E-state index is 13.4. The number of amides is 3. The second kappa shape index (κ2) is 83.1. The number of nitrogens with one attached hydrogen (secondary N) is 1. The largest absolute Gasteiger partial charge is 0.482 e. The molecule has 0 radical (unpaired) electrons. The third-order valence-electron chi connectivity index (χ3n) is 15.7. The van der Waals surface area contributed by atoms with E-state index in [-0.39, 0.29) is 82.3 Å². The number of fused-ring (bicyclic) bond motifs is 1. The molecule has 0 aliphatic carbocycles. The molecule has 0 aromatic heterocycles. The Kier molecular flexibility index (Phi) is 75.4. The highest BCUT2D eigenvalue weighted by molar-refractivity contribution is 6.21. The summed E-state index contributed by atoms with van der Waals surface area (Å²) in [7, 11) is 1.64. The number of carboxylic acid groups (broad SMARTS) is 1. The third-order valence-corrected chi connectivity index (χ3v) is 15.7. The van der Waals surface area contributed by atoms with Crippen LogP contribution < -0.4 is 10.1 Å². The van der Waals surface area contributed by atoms with Crippen LogP contribution in [0.3, 0.4) is 0 Å². The van der Waals surface area contributed by atoms with E-state index in [0.717, 1.165) is 5.56 Å². The lowest BCUT2D eigenvalue weighted by Gasteiger charge is -2.18. The SMILES string of the molecule is COCCOCCOCCOCCOCCOCCOCCOCCOCCOCCOCCOCCOCCOCCOCCOCCOCCOCCOCCOCCOCCOCCOCCOCCCC(=O)C(Cc1ccc(OCC(=O)O)cc1)NC(=O)CCOCCOCCOCCOCCN1C(=O)c2ccccc2C1=O. The molecule has 0 saturated carbocycles. The van der Waals surface area contributed by atoms with Gasteiger partial charge >= 0.3 is 5.97 Å². The second-order valence-corrected chi connectivity index (χ2v) is 24.8. The van der Waals surface area contributed by atoms with Gasteiger partial charge in [-0.25, -0.2) is 4.79 Å². The molecule has 0 spiro atoms. The van der Waals surface area contributed by atoms with Crippen LogP contribution in [-0.2, 0) is 153 Å². The zero-order valence-corrected chi connectivity index (χ0v) is 69.1. The molecule has 1 atom stereocenters. The van der Waals surface area contributed by atoms with Crippen molar-refractivity contribution in [3.63, 3.8) is 0 Å². The predicted octanol–water partition coefficient (Wildman–Crippen LogP) is 2.31. The summed E-state index contributed by atoms with van der Waals surface area (Å²) in [5.74, 6) is -1.91. The van der Waals surface area contributed by atoms with Crippen LogP contribution >= 0.6 is 0 Å². The van der Waals surface area contributed by atoms with Crippen molar-refractivity contribution in [1.82, 2.24) is 10.2 Å². The van der Waals surface area contributed by atoms with Crippen molar-refractivity contribution in [2.75, 3.05) is 384 Å². The molecule has 0 fully saturated rings. The lowest BCUT2D eigenvalue weighted by Crippen LogP contribution is -2.42. The Labute approximate surface area is 690 Å². The standard InChI is InChI=1S/C80H136N2O35/c1-89-17-18-93-25-26-97-31-32-99-35-36-101-39-40-103-43-44-105-47-48-107-51-52-109-55-56-111-59-60-113-63-64-115-67-68-116-66-65-114-62-61-112-58-57-110-54-53-108-50-49-106-46-45-104-42-41-102-38-37-100-34-33-98-30-27-94-22-19-90-14-4-7-76(83)75(69-71-8-10-72(11-9-71)117-70-78(85)86)81-77(84)12-15-91-20-23-95-28-29-96-24-21-92-16-13-82-79(87)73-5-2-3-6-74(73)80(82)88/h2-3,5-6,8-11,75H,4,7,12-70H2,1H3,(H,81,84)(H,85,86). The highest BCUT2D eigenvalue weighted by Crippen LogP contribution is 2.22. The van der Waals surface area contributed by atoms with Crippen molar-refractivity contribution in [3.05, 3.63) is 65.2 Å². The second-order valence-electron chi connectivity index (χ2n) is 24.8. The first kappa shape index (κ1) is 106. The highest BCUT2D eigenvalue weighted by Gasteiger charge is 2.34. The zero-order chi connectivity index (χ0) is 83.4. The van der Waals surface area contributed by atoms with Gasteiger partial charge in [0, 0.05) is 26.6 Å². The van der Waals surface area contributed by atoms with Gasteiger partial charge in [-0.05, 0) is 42.7 Å². The Hall–Kier alpha value is -5.13. The number of Topliss-reactive ketones (excluding diaryl/α,β-unsaturated/α-hetero) is 1. The number of carbonyl (C=O) groups is 5. The first-order valence-electron chi connectivity index (χ1n) is 40.6. The number of aliphatic carboxylic acids is 1. The van der Waals surface area contributed by atoms with Gasteiger partial charge in [0.1, 0.15) is 5.75 Å². The molecule has 2 aromatic carbocycles. The van der Waals surface area contributed by atoms with Gasteiger partial charge in [-0.1, -0.05) is 24.3 Å². The number of hydrogen-bond donors (Lipinski definition) is 2. The van der Waals surface area contributed by atoms with Gasteiger partial charge in [0.2, 0.25) is 5.91 Å². The molecule has 2 N–H and O–H groups in total. The van der Waals surface area contributed by atoms with Gasteiger partial charge in [0.05, 0.1) is 380 Å². The van der Waals surface area contributed by atoms with E-state index in [0.29, 0.717) is 354 Å². The lowest BCUT2D eigenvalue weighted by atomic mass is 9.99. The van der Waals surface area contributed by atoms with Crippen LogP contribution in [0.2, 0.25) is 0 Å². The van der Waals surface area contributed by atoms with Gasteiger partial charge in [-0.3, -0.25) is 24.1 Å². The van der Waals surface area contributed by atoms with Crippen molar-refractivity contribution >= 4 is 29.5 Å². The summed E-state index contributed by atoms with van der Waals surface area (Å²) >= 11 is 0. The molecule has 676 valence electrons. The summed E-state index contributed by atoms with van der Waals surface area (Å²) in [6.07, 6.45) is 0.825. The Balaban J connectivity index is 0.944. The minimum Gasteiger partial charge on any atom is -0.482 e. The molecule has 1 unspecified atom stereocenters. The minimum atomic E-state index is -1.10.